The second-order valence-electron chi connectivity index (χ2n) is 5.76. The number of piperidine rings is 1. The minimum atomic E-state index is 0. The fourth-order valence-electron chi connectivity index (χ4n) is 3.30. The molecule has 2 aliphatic rings. The van der Waals surface area contributed by atoms with Crippen LogP contribution in [0.4, 0.5) is 0 Å². The molecule has 2 heterocycles. The van der Waals surface area contributed by atoms with Crippen LogP contribution < -0.4 is 5.32 Å². The van der Waals surface area contributed by atoms with Crippen LogP contribution in [0.1, 0.15) is 39.0 Å². The first-order chi connectivity index (χ1) is 8.72. The Morgan fingerprint density at radius 3 is 2.68 bits per heavy atom. The third kappa shape index (κ3) is 4.33. The molecule has 2 saturated heterocycles. The van der Waals surface area contributed by atoms with Gasteiger partial charge in [-0.05, 0) is 52.6 Å². The number of nitrogens with one attached hydrogen (secondary N) is 1. The number of rotatable bonds is 4. The van der Waals surface area contributed by atoms with Crippen LogP contribution in [0.25, 0.3) is 0 Å². The molecule has 0 aromatic rings. The van der Waals surface area contributed by atoms with Gasteiger partial charge in [0.25, 0.3) is 0 Å². The number of hydrogen-bond acceptors (Lipinski definition) is 3. The summed E-state index contributed by atoms with van der Waals surface area (Å²) in [6.07, 6.45) is 6.08. The fraction of sp³-hybridized carbons (Fsp3) is 0.929. The maximum atomic E-state index is 12.4. The lowest BCUT2D eigenvalue weighted by Gasteiger charge is -2.35. The summed E-state index contributed by atoms with van der Waals surface area (Å²) in [5.74, 6) is 0.338. The van der Waals surface area contributed by atoms with Crippen molar-refractivity contribution in [3.05, 3.63) is 0 Å². The van der Waals surface area contributed by atoms with Crippen LogP contribution in [-0.2, 0) is 4.79 Å². The highest BCUT2D eigenvalue weighted by atomic mass is 35.5. The van der Waals surface area contributed by atoms with E-state index in [1.807, 2.05) is 7.05 Å². The summed E-state index contributed by atoms with van der Waals surface area (Å²) in [4.78, 5) is 16.8. The zero-order chi connectivity index (χ0) is 13.0. The molecule has 1 N–H and O–H groups in total. The molecule has 0 saturated carbocycles. The maximum Gasteiger partial charge on any atom is 0.236 e. The standard InChI is InChI=1S/C14H27N3O.ClH/c1-12-6-3-4-9-17(12)14(18)11-16-8-5-7-13(16)10-15-2;/h12-13,15H,3-11H2,1-2H3;1H. The SMILES string of the molecule is CNCC1CCCN1CC(=O)N1CCCCC1C.Cl. The zero-order valence-electron chi connectivity index (χ0n) is 12.2. The summed E-state index contributed by atoms with van der Waals surface area (Å²) in [7, 11) is 1.99. The monoisotopic (exact) mass is 289 g/mol. The molecule has 0 aromatic carbocycles. The van der Waals surface area contributed by atoms with E-state index in [1.54, 1.807) is 0 Å². The van der Waals surface area contributed by atoms with Crippen molar-refractivity contribution >= 4 is 18.3 Å². The molecule has 2 unspecified atom stereocenters. The third-order valence-electron chi connectivity index (χ3n) is 4.40. The Hall–Kier alpha value is -0.320. The molecule has 5 heteroatoms. The summed E-state index contributed by atoms with van der Waals surface area (Å²) in [6, 6.07) is 0.996. The van der Waals surface area contributed by atoms with E-state index >= 15 is 0 Å². The van der Waals surface area contributed by atoms with E-state index in [0.29, 0.717) is 24.5 Å². The number of hydrogen-bond donors (Lipinski definition) is 1. The van der Waals surface area contributed by atoms with E-state index in [9.17, 15) is 4.79 Å². The number of amides is 1. The normalized spacial score (nSPS) is 28.2. The first-order valence-corrected chi connectivity index (χ1v) is 7.40. The van der Waals surface area contributed by atoms with Crippen molar-refractivity contribution in [1.82, 2.24) is 15.1 Å². The molecule has 1 amide bonds. The van der Waals surface area contributed by atoms with Crippen LogP contribution in [0.2, 0.25) is 0 Å². The largest absolute Gasteiger partial charge is 0.339 e. The van der Waals surface area contributed by atoms with E-state index in [4.69, 9.17) is 0 Å². The van der Waals surface area contributed by atoms with Gasteiger partial charge in [-0.15, -0.1) is 12.4 Å². The van der Waals surface area contributed by atoms with Gasteiger partial charge >= 0.3 is 0 Å². The summed E-state index contributed by atoms with van der Waals surface area (Å²) in [5.41, 5.74) is 0. The maximum absolute atomic E-state index is 12.4. The Kier molecular flexibility index (Phi) is 7.11. The van der Waals surface area contributed by atoms with Gasteiger partial charge in [-0.25, -0.2) is 0 Å². The van der Waals surface area contributed by atoms with Crippen molar-refractivity contribution in [3.63, 3.8) is 0 Å². The molecule has 19 heavy (non-hydrogen) atoms. The number of nitrogens with zero attached hydrogens (tertiary/aromatic N) is 2. The molecule has 0 aromatic heterocycles. The van der Waals surface area contributed by atoms with Crippen molar-refractivity contribution in [2.75, 3.05) is 33.2 Å². The number of likely N-dealkylation sites (tertiary alicyclic amines) is 2. The minimum Gasteiger partial charge on any atom is -0.339 e. The fourth-order valence-corrected chi connectivity index (χ4v) is 3.30. The highest BCUT2D eigenvalue weighted by Gasteiger charge is 2.29. The van der Waals surface area contributed by atoms with Crippen LogP contribution in [0.3, 0.4) is 0 Å². The number of halogens is 1. The molecule has 0 aliphatic carbocycles. The molecule has 0 radical (unpaired) electrons. The summed E-state index contributed by atoms with van der Waals surface area (Å²) in [5, 5.41) is 3.23. The predicted molar refractivity (Wildman–Crippen MR) is 80.8 cm³/mol. The number of carbonyl (C=O) groups excluding carboxylic acids is 1. The van der Waals surface area contributed by atoms with Gasteiger partial charge < -0.3 is 10.2 Å². The van der Waals surface area contributed by atoms with Crippen molar-refractivity contribution in [2.24, 2.45) is 0 Å². The minimum absolute atomic E-state index is 0. The van der Waals surface area contributed by atoms with Gasteiger partial charge in [-0.1, -0.05) is 0 Å². The molecule has 0 bridgehead atoms. The third-order valence-corrected chi connectivity index (χ3v) is 4.40. The van der Waals surface area contributed by atoms with Crippen molar-refractivity contribution in [2.45, 2.75) is 51.1 Å². The molecule has 2 atom stereocenters. The predicted octanol–water partition coefficient (Wildman–Crippen LogP) is 1.49. The molecule has 2 fully saturated rings. The smallest absolute Gasteiger partial charge is 0.236 e. The Balaban J connectivity index is 0.00000180. The van der Waals surface area contributed by atoms with E-state index < -0.39 is 0 Å². The van der Waals surface area contributed by atoms with Gasteiger partial charge in [0.1, 0.15) is 0 Å². The van der Waals surface area contributed by atoms with Crippen molar-refractivity contribution < 1.29 is 4.79 Å². The molecule has 2 rings (SSSR count). The average molecular weight is 290 g/mol. The van der Waals surface area contributed by atoms with Gasteiger partial charge in [0, 0.05) is 25.2 Å². The highest BCUT2D eigenvalue weighted by Crippen LogP contribution is 2.20. The first-order valence-electron chi connectivity index (χ1n) is 7.40. The first kappa shape index (κ1) is 16.7. The van der Waals surface area contributed by atoms with Gasteiger partial charge in [0.15, 0.2) is 0 Å². The highest BCUT2D eigenvalue weighted by molar-refractivity contribution is 5.85. The summed E-state index contributed by atoms with van der Waals surface area (Å²) >= 11 is 0. The van der Waals surface area contributed by atoms with E-state index in [1.165, 1.54) is 32.1 Å². The number of likely N-dealkylation sites (N-methyl/N-ethyl adjacent to an activating group) is 1. The lowest BCUT2D eigenvalue weighted by atomic mass is 10.0. The van der Waals surface area contributed by atoms with Crippen LogP contribution in [0.15, 0.2) is 0 Å². The van der Waals surface area contributed by atoms with Crippen LogP contribution in [-0.4, -0.2) is 61.0 Å². The second kappa shape index (κ2) is 8.08. The second-order valence-corrected chi connectivity index (χ2v) is 5.76. The average Bonchev–Trinajstić information content (AvgIpc) is 2.78. The molecular weight excluding hydrogens is 262 g/mol. The van der Waals surface area contributed by atoms with Crippen molar-refractivity contribution in [1.29, 1.82) is 0 Å². The van der Waals surface area contributed by atoms with E-state index in [2.05, 4.69) is 22.0 Å². The quantitative estimate of drug-likeness (QED) is 0.852. The van der Waals surface area contributed by atoms with Crippen LogP contribution in [0, 0.1) is 0 Å². The Morgan fingerprint density at radius 2 is 2.00 bits per heavy atom. The molecule has 0 spiro atoms. The lowest BCUT2D eigenvalue weighted by molar-refractivity contribution is -0.135. The van der Waals surface area contributed by atoms with Gasteiger partial charge in [0.05, 0.1) is 6.54 Å². The van der Waals surface area contributed by atoms with Crippen LogP contribution >= 0.6 is 12.4 Å². The Labute approximate surface area is 123 Å². The van der Waals surface area contributed by atoms with E-state index in [0.717, 1.165) is 19.6 Å². The molecule has 112 valence electrons. The molecular formula is C14H28ClN3O. The number of carbonyl (C=O) groups is 1. The lowest BCUT2D eigenvalue weighted by Crippen LogP contribution is -2.48. The van der Waals surface area contributed by atoms with Gasteiger partial charge in [0.2, 0.25) is 5.91 Å². The Morgan fingerprint density at radius 1 is 1.21 bits per heavy atom. The van der Waals surface area contributed by atoms with E-state index in [-0.39, 0.29) is 12.4 Å². The van der Waals surface area contributed by atoms with Crippen LogP contribution in [0.5, 0.6) is 0 Å². The molecule has 4 nitrogen and oxygen atoms in total. The Bertz CT molecular complexity index is 288. The summed E-state index contributed by atoms with van der Waals surface area (Å²) < 4.78 is 0. The summed E-state index contributed by atoms with van der Waals surface area (Å²) in [6.45, 7) is 5.86. The van der Waals surface area contributed by atoms with Gasteiger partial charge in [-0.2, -0.15) is 0 Å². The van der Waals surface area contributed by atoms with Crippen molar-refractivity contribution in [3.8, 4) is 0 Å². The topological polar surface area (TPSA) is 35.6 Å². The molecule has 2 aliphatic heterocycles. The zero-order valence-corrected chi connectivity index (χ0v) is 13.0. The van der Waals surface area contributed by atoms with Gasteiger partial charge in [-0.3, -0.25) is 9.69 Å².